The molecule has 0 aliphatic carbocycles. The molecule has 0 saturated carbocycles. The lowest BCUT2D eigenvalue weighted by Gasteiger charge is -2.17. The fourth-order valence-corrected chi connectivity index (χ4v) is 3.02. The Morgan fingerprint density at radius 3 is 2.62 bits per heavy atom. The molecule has 3 rings (SSSR count). The van der Waals surface area contributed by atoms with Crippen LogP contribution in [0.5, 0.6) is 0 Å². The van der Waals surface area contributed by atoms with Gasteiger partial charge in [0.1, 0.15) is 0 Å². The second kappa shape index (κ2) is 9.98. The smallest absolute Gasteiger partial charge is 0.237 e. The summed E-state index contributed by atoms with van der Waals surface area (Å²) >= 11 is 0. The number of aromatic nitrogens is 3. The summed E-state index contributed by atoms with van der Waals surface area (Å²) in [5.74, 6) is 0.0129. The van der Waals surface area contributed by atoms with Crippen LogP contribution in [-0.2, 0) is 17.9 Å². The Kier molecular flexibility index (Phi) is 7.14. The van der Waals surface area contributed by atoms with Crippen LogP contribution in [0.2, 0.25) is 0 Å². The molecule has 29 heavy (non-hydrogen) atoms. The molecule has 1 aromatic carbocycles. The molecule has 0 fully saturated rings. The van der Waals surface area contributed by atoms with E-state index in [1.165, 1.54) is 5.56 Å². The van der Waals surface area contributed by atoms with Gasteiger partial charge in [-0.3, -0.25) is 14.5 Å². The Morgan fingerprint density at radius 1 is 1.14 bits per heavy atom. The molecular weight excluding hydrogens is 362 g/mol. The molecule has 6 nitrogen and oxygen atoms in total. The van der Waals surface area contributed by atoms with Crippen LogP contribution in [0.25, 0.3) is 11.3 Å². The summed E-state index contributed by atoms with van der Waals surface area (Å²) in [5, 5.41) is 11.1. The Bertz CT molecular complexity index is 908. The molecule has 2 atom stereocenters. The fourth-order valence-electron chi connectivity index (χ4n) is 3.02. The number of benzene rings is 1. The van der Waals surface area contributed by atoms with Crippen molar-refractivity contribution in [1.82, 2.24) is 25.4 Å². The van der Waals surface area contributed by atoms with E-state index < -0.39 is 0 Å². The lowest BCUT2D eigenvalue weighted by atomic mass is 10.1. The molecule has 2 N–H and O–H groups in total. The van der Waals surface area contributed by atoms with Crippen molar-refractivity contribution in [3.8, 4) is 11.3 Å². The van der Waals surface area contributed by atoms with Crippen molar-refractivity contribution < 1.29 is 4.79 Å². The van der Waals surface area contributed by atoms with Gasteiger partial charge >= 0.3 is 0 Å². The number of amides is 1. The number of hydrogen-bond acceptors (Lipinski definition) is 4. The normalized spacial score (nSPS) is 13.1. The standard InChI is InChI=1S/C23H29N5O/c1-4-17(2)26-23(29)18(3)25-14-21-16-28(15-19-9-6-5-7-10-19)27-22(21)20-11-8-12-24-13-20/h5-13,16-18,25H,4,14-15H2,1-3H3,(H,26,29). The molecule has 0 spiro atoms. The third-order valence-electron chi connectivity index (χ3n) is 4.95. The number of carbonyl (C=O) groups is 1. The second-order valence-corrected chi connectivity index (χ2v) is 7.35. The van der Waals surface area contributed by atoms with E-state index in [4.69, 9.17) is 5.10 Å². The van der Waals surface area contributed by atoms with Gasteiger partial charge in [0.05, 0.1) is 18.3 Å². The number of nitrogens with one attached hydrogen (secondary N) is 2. The summed E-state index contributed by atoms with van der Waals surface area (Å²) in [6, 6.07) is 14.0. The molecular formula is C23H29N5O. The third-order valence-corrected chi connectivity index (χ3v) is 4.95. The van der Waals surface area contributed by atoms with Crippen molar-refractivity contribution in [2.45, 2.75) is 52.4 Å². The Labute approximate surface area is 172 Å². The maximum Gasteiger partial charge on any atom is 0.237 e. The predicted molar refractivity (Wildman–Crippen MR) is 115 cm³/mol. The summed E-state index contributed by atoms with van der Waals surface area (Å²) in [6.07, 6.45) is 6.53. The minimum absolute atomic E-state index is 0.0129. The van der Waals surface area contributed by atoms with E-state index in [0.29, 0.717) is 13.1 Å². The molecule has 0 saturated heterocycles. The molecule has 152 valence electrons. The van der Waals surface area contributed by atoms with E-state index in [1.54, 1.807) is 6.20 Å². The van der Waals surface area contributed by atoms with Crippen molar-refractivity contribution in [2.75, 3.05) is 0 Å². The van der Waals surface area contributed by atoms with Crippen molar-refractivity contribution in [3.05, 3.63) is 72.2 Å². The van der Waals surface area contributed by atoms with Crippen molar-refractivity contribution in [2.24, 2.45) is 0 Å². The van der Waals surface area contributed by atoms with Gasteiger partial charge in [0.2, 0.25) is 5.91 Å². The van der Waals surface area contributed by atoms with E-state index in [2.05, 4.69) is 34.7 Å². The third kappa shape index (κ3) is 5.74. The molecule has 0 aliphatic rings. The van der Waals surface area contributed by atoms with E-state index in [0.717, 1.165) is 23.2 Å². The Balaban J connectivity index is 1.76. The molecule has 3 aromatic rings. The predicted octanol–water partition coefficient (Wildman–Crippen LogP) is 3.39. The zero-order chi connectivity index (χ0) is 20.6. The van der Waals surface area contributed by atoms with Gasteiger partial charge in [0.25, 0.3) is 0 Å². The number of pyridine rings is 1. The van der Waals surface area contributed by atoms with Gasteiger partial charge in [-0.15, -0.1) is 0 Å². The van der Waals surface area contributed by atoms with Crippen LogP contribution in [-0.4, -0.2) is 32.8 Å². The summed E-state index contributed by atoms with van der Waals surface area (Å²) < 4.78 is 1.94. The molecule has 0 radical (unpaired) electrons. The average Bonchev–Trinajstić information content (AvgIpc) is 3.15. The Morgan fingerprint density at radius 2 is 1.93 bits per heavy atom. The number of hydrogen-bond donors (Lipinski definition) is 2. The van der Waals surface area contributed by atoms with Gasteiger partial charge in [0.15, 0.2) is 0 Å². The maximum absolute atomic E-state index is 12.3. The van der Waals surface area contributed by atoms with Crippen LogP contribution in [0.15, 0.2) is 61.1 Å². The molecule has 2 aromatic heterocycles. The zero-order valence-corrected chi connectivity index (χ0v) is 17.3. The second-order valence-electron chi connectivity index (χ2n) is 7.35. The van der Waals surface area contributed by atoms with Crippen LogP contribution in [0.4, 0.5) is 0 Å². The van der Waals surface area contributed by atoms with Gasteiger partial charge in [-0.2, -0.15) is 5.10 Å². The quantitative estimate of drug-likeness (QED) is 0.587. The minimum atomic E-state index is -0.289. The number of rotatable bonds is 9. The van der Waals surface area contributed by atoms with E-state index in [9.17, 15) is 4.79 Å². The van der Waals surface area contributed by atoms with Crippen LogP contribution in [0, 0.1) is 0 Å². The van der Waals surface area contributed by atoms with E-state index in [1.807, 2.05) is 61.3 Å². The highest BCUT2D eigenvalue weighted by molar-refractivity contribution is 5.81. The molecule has 0 aliphatic heterocycles. The minimum Gasteiger partial charge on any atom is -0.352 e. The van der Waals surface area contributed by atoms with Gasteiger partial charge in [-0.1, -0.05) is 37.3 Å². The summed E-state index contributed by atoms with van der Waals surface area (Å²) in [5.41, 5.74) is 4.08. The largest absolute Gasteiger partial charge is 0.352 e. The average molecular weight is 392 g/mol. The van der Waals surface area contributed by atoms with Crippen molar-refractivity contribution >= 4 is 5.91 Å². The molecule has 2 heterocycles. The molecule has 1 amide bonds. The van der Waals surface area contributed by atoms with Crippen LogP contribution in [0.3, 0.4) is 0 Å². The SMILES string of the molecule is CCC(C)NC(=O)C(C)NCc1cn(Cc2ccccc2)nc1-c1cccnc1. The highest BCUT2D eigenvalue weighted by Gasteiger charge is 2.17. The van der Waals surface area contributed by atoms with Crippen LogP contribution in [0.1, 0.15) is 38.3 Å². The first-order chi connectivity index (χ1) is 14.1. The zero-order valence-electron chi connectivity index (χ0n) is 17.3. The first kappa shape index (κ1) is 20.7. The summed E-state index contributed by atoms with van der Waals surface area (Å²) in [7, 11) is 0. The van der Waals surface area contributed by atoms with Crippen LogP contribution < -0.4 is 10.6 Å². The van der Waals surface area contributed by atoms with E-state index in [-0.39, 0.29) is 18.0 Å². The van der Waals surface area contributed by atoms with Crippen molar-refractivity contribution in [3.63, 3.8) is 0 Å². The number of nitrogens with zero attached hydrogens (tertiary/aromatic N) is 3. The van der Waals surface area contributed by atoms with E-state index >= 15 is 0 Å². The lowest BCUT2D eigenvalue weighted by molar-refractivity contribution is -0.123. The van der Waals surface area contributed by atoms with Gasteiger partial charge in [0, 0.05) is 42.3 Å². The highest BCUT2D eigenvalue weighted by Crippen LogP contribution is 2.21. The first-order valence-corrected chi connectivity index (χ1v) is 10.1. The Hall–Kier alpha value is -2.99. The number of carbonyl (C=O) groups excluding carboxylic acids is 1. The molecule has 2 unspecified atom stereocenters. The summed E-state index contributed by atoms with van der Waals surface area (Å²) in [6.45, 7) is 7.20. The van der Waals surface area contributed by atoms with Crippen molar-refractivity contribution in [1.29, 1.82) is 0 Å². The monoisotopic (exact) mass is 391 g/mol. The van der Waals surface area contributed by atoms with Crippen LogP contribution >= 0.6 is 0 Å². The fraction of sp³-hybridized carbons (Fsp3) is 0.348. The van der Waals surface area contributed by atoms with Gasteiger partial charge in [-0.05, 0) is 38.0 Å². The first-order valence-electron chi connectivity index (χ1n) is 10.1. The van der Waals surface area contributed by atoms with Gasteiger partial charge in [-0.25, -0.2) is 0 Å². The molecule has 6 heteroatoms. The highest BCUT2D eigenvalue weighted by atomic mass is 16.2. The van der Waals surface area contributed by atoms with Gasteiger partial charge < -0.3 is 10.6 Å². The molecule has 0 bridgehead atoms. The topological polar surface area (TPSA) is 71.8 Å². The maximum atomic E-state index is 12.3. The summed E-state index contributed by atoms with van der Waals surface area (Å²) in [4.78, 5) is 16.6. The lowest BCUT2D eigenvalue weighted by Crippen LogP contribution is -2.45.